The summed E-state index contributed by atoms with van der Waals surface area (Å²) in [4.78, 5) is 15.3. The number of nitrogens with zero attached hydrogens (tertiary/aromatic N) is 1. The van der Waals surface area contributed by atoms with E-state index in [4.69, 9.17) is 9.94 Å². The van der Waals surface area contributed by atoms with E-state index in [1.807, 2.05) is 0 Å². The Kier molecular flexibility index (Phi) is 4.57. The van der Waals surface area contributed by atoms with Crippen molar-refractivity contribution in [2.75, 3.05) is 6.61 Å². The number of ether oxygens (including phenoxy) is 1. The summed E-state index contributed by atoms with van der Waals surface area (Å²) in [6.45, 7) is 6.88. The molecule has 0 spiro atoms. The minimum absolute atomic E-state index is 0.00639. The zero-order valence-corrected chi connectivity index (χ0v) is 11.7. The van der Waals surface area contributed by atoms with E-state index >= 15 is 0 Å². The Morgan fingerprint density at radius 3 is 2.91 bits per heavy atom. The lowest BCUT2D eigenvalue weighted by Gasteiger charge is -2.11. The van der Waals surface area contributed by atoms with Gasteiger partial charge >= 0.3 is 0 Å². The molecule has 1 atom stereocenters. The van der Waals surface area contributed by atoms with Crippen LogP contribution in [-0.4, -0.2) is 34.8 Å². The molecule has 0 aromatic heterocycles. The van der Waals surface area contributed by atoms with E-state index in [0.29, 0.717) is 17.5 Å². The van der Waals surface area contributed by atoms with Crippen LogP contribution in [0.15, 0.2) is 36.4 Å². The molecule has 1 heterocycles. The van der Waals surface area contributed by atoms with Crippen molar-refractivity contribution in [2.24, 2.45) is 4.99 Å². The SMILES string of the molecule is C=CCc1cc(C2=NC(C(=O)NO)CO2)cc(F)c1C(=C)O. The number of amides is 1. The normalized spacial score (nSPS) is 16.6. The van der Waals surface area contributed by atoms with E-state index in [1.54, 1.807) is 12.1 Å². The molecule has 7 heteroatoms. The van der Waals surface area contributed by atoms with Crippen molar-refractivity contribution in [3.8, 4) is 0 Å². The smallest absolute Gasteiger partial charge is 0.271 e. The van der Waals surface area contributed by atoms with Gasteiger partial charge in [-0.1, -0.05) is 12.7 Å². The number of hydrogen-bond donors (Lipinski definition) is 3. The first-order valence-electron chi connectivity index (χ1n) is 6.44. The molecule has 116 valence electrons. The molecule has 0 radical (unpaired) electrons. The predicted octanol–water partition coefficient (Wildman–Crippen LogP) is 1.73. The minimum atomic E-state index is -0.890. The van der Waals surface area contributed by atoms with E-state index in [9.17, 15) is 14.3 Å². The third-order valence-electron chi connectivity index (χ3n) is 3.14. The Balaban J connectivity index is 2.43. The number of aliphatic hydroxyl groups is 1. The number of nitrogens with one attached hydrogen (secondary N) is 1. The lowest BCUT2D eigenvalue weighted by atomic mass is 9.99. The van der Waals surface area contributed by atoms with E-state index < -0.39 is 17.8 Å². The van der Waals surface area contributed by atoms with Gasteiger partial charge < -0.3 is 9.84 Å². The van der Waals surface area contributed by atoms with Gasteiger partial charge in [-0.2, -0.15) is 0 Å². The van der Waals surface area contributed by atoms with Crippen LogP contribution in [0.3, 0.4) is 0 Å². The fraction of sp³-hybridized carbons (Fsp3) is 0.200. The molecule has 0 aliphatic carbocycles. The Bertz CT molecular complexity index is 670. The molecule has 0 saturated carbocycles. The molecule has 22 heavy (non-hydrogen) atoms. The fourth-order valence-electron chi connectivity index (χ4n) is 2.17. The van der Waals surface area contributed by atoms with Gasteiger partial charge in [0.1, 0.15) is 18.2 Å². The van der Waals surface area contributed by atoms with Crippen LogP contribution in [0.5, 0.6) is 0 Å². The molecule has 1 aliphatic heterocycles. The van der Waals surface area contributed by atoms with Gasteiger partial charge in [-0.05, 0) is 24.1 Å². The summed E-state index contributed by atoms with van der Waals surface area (Å²) in [6, 6.07) is 1.83. The molecule has 1 aliphatic rings. The first kappa shape index (κ1) is 15.7. The summed E-state index contributed by atoms with van der Waals surface area (Å²) >= 11 is 0. The second-order valence-electron chi connectivity index (χ2n) is 4.67. The topological polar surface area (TPSA) is 91.2 Å². The number of carbonyl (C=O) groups is 1. The monoisotopic (exact) mass is 306 g/mol. The van der Waals surface area contributed by atoms with Gasteiger partial charge in [0.2, 0.25) is 5.90 Å². The third-order valence-corrected chi connectivity index (χ3v) is 3.14. The largest absolute Gasteiger partial charge is 0.508 e. The van der Waals surface area contributed by atoms with Crippen LogP contribution in [-0.2, 0) is 16.0 Å². The Morgan fingerprint density at radius 2 is 2.32 bits per heavy atom. The maximum Gasteiger partial charge on any atom is 0.271 e. The number of carbonyl (C=O) groups excluding carboxylic acids is 1. The number of rotatable bonds is 5. The molecule has 3 N–H and O–H groups in total. The summed E-state index contributed by atoms with van der Waals surface area (Å²) < 4.78 is 19.4. The van der Waals surface area contributed by atoms with Crippen molar-refractivity contribution in [1.29, 1.82) is 0 Å². The number of hydroxylamine groups is 1. The van der Waals surface area contributed by atoms with Crippen molar-refractivity contribution in [1.82, 2.24) is 5.48 Å². The molecule has 0 fully saturated rings. The highest BCUT2D eigenvalue weighted by atomic mass is 19.1. The van der Waals surface area contributed by atoms with Gasteiger partial charge in [-0.3, -0.25) is 10.0 Å². The Morgan fingerprint density at radius 1 is 1.59 bits per heavy atom. The lowest BCUT2D eigenvalue weighted by molar-refractivity contribution is -0.130. The molecule has 1 unspecified atom stereocenters. The van der Waals surface area contributed by atoms with Crippen molar-refractivity contribution >= 4 is 17.6 Å². The van der Waals surface area contributed by atoms with Gasteiger partial charge in [0.05, 0.1) is 5.56 Å². The van der Waals surface area contributed by atoms with Crippen molar-refractivity contribution < 1.29 is 24.2 Å². The Hall–Kier alpha value is -2.67. The summed E-state index contributed by atoms with van der Waals surface area (Å²) in [7, 11) is 0. The summed E-state index contributed by atoms with van der Waals surface area (Å²) in [5.41, 5.74) is 2.29. The maximum atomic E-state index is 14.2. The first-order valence-corrected chi connectivity index (χ1v) is 6.44. The molecular weight excluding hydrogens is 291 g/mol. The highest BCUT2D eigenvalue weighted by Gasteiger charge is 2.27. The van der Waals surface area contributed by atoms with E-state index in [1.165, 1.54) is 5.48 Å². The number of halogens is 1. The van der Waals surface area contributed by atoms with Crippen LogP contribution in [0.2, 0.25) is 0 Å². The van der Waals surface area contributed by atoms with Gasteiger partial charge in [0, 0.05) is 5.56 Å². The number of benzene rings is 1. The van der Waals surface area contributed by atoms with Gasteiger partial charge in [-0.25, -0.2) is 14.9 Å². The number of allylic oxidation sites excluding steroid dienone is 1. The second kappa shape index (κ2) is 6.40. The van der Waals surface area contributed by atoms with Crippen LogP contribution < -0.4 is 5.48 Å². The van der Waals surface area contributed by atoms with E-state index in [0.717, 1.165) is 6.07 Å². The average molecular weight is 306 g/mol. The van der Waals surface area contributed by atoms with Crippen LogP contribution in [0.4, 0.5) is 4.39 Å². The highest BCUT2D eigenvalue weighted by Crippen LogP contribution is 2.24. The highest BCUT2D eigenvalue weighted by molar-refractivity contribution is 5.98. The predicted molar refractivity (Wildman–Crippen MR) is 78.2 cm³/mol. The quantitative estimate of drug-likeness (QED) is 0.334. The molecule has 1 aromatic carbocycles. The zero-order chi connectivity index (χ0) is 16.3. The molecule has 6 nitrogen and oxygen atoms in total. The summed E-state index contributed by atoms with van der Waals surface area (Å²) in [5.74, 6) is -1.68. The van der Waals surface area contributed by atoms with E-state index in [2.05, 4.69) is 18.2 Å². The fourth-order valence-corrected chi connectivity index (χ4v) is 2.17. The summed E-state index contributed by atoms with van der Waals surface area (Å²) in [5, 5.41) is 18.1. The van der Waals surface area contributed by atoms with Gasteiger partial charge in [-0.15, -0.1) is 6.58 Å². The number of aliphatic hydroxyl groups excluding tert-OH is 1. The zero-order valence-electron chi connectivity index (χ0n) is 11.7. The van der Waals surface area contributed by atoms with Crippen LogP contribution in [0.25, 0.3) is 5.76 Å². The first-order chi connectivity index (χ1) is 10.5. The van der Waals surface area contributed by atoms with Crippen molar-refractivity contribution in [3.05, 3.63) is 53.9 Å². The van der Waals surface area contributed by atoms with E-state index in [-0.39, 0.29) is 23.8 Å². The Labute approximate surface area is 126 Å². The molecule has 2 rings (SSSR count). The molecule has 0 bridgehead atoms. The van der Waals surface area contributed by atoms with Crippen LogP contribution >= 0.6 is 0 Å². The van der Waals surface area contributed by atoms with Crippen LogP contribution in [0.1, 0.15) is 16.7 Å². The average Bonchev–Trinajstić information content (AvgIpc) is 2.95. The van der Waals surface area contributed by atoms with Gasteiger partial charge in [0.15, 0.2) is 6.04 Å². The number of hydrogen-bond acceptors (Lipinski definition) is 5. The maximum absolute atomic E-state index is 14.2. The third kappa shape index (κ3) is 2.99. The molecular formula is C15H15FN2O4. The van der Waals surface area contributed by atoms with Gasteiger partial charge in [0.25, 0.3) is 5.91 Å². The summed E-state index contributed by atoms with van der Waals surface area (Å²) in [6.07, 6.45) is 1.87. The van der Waals surface area contributed by atoms with Crippen molar-refractivity contribution in [2.45, 2.75) is 12.5 Å². The standard InChI is InChI=1S/C15H15FN2O4/c1-3-4-9-5-10(6-11(16)13(9)8(2)19)15-17-12(7-22-15)14(20)18-21/h3,5-6,12,19,21H,1-2,4,7H2,(H,18,20). The molecule has 0 saturated heterocycles. The second-order valence-corrected chi connectivity index (χ2v) is 4.67. The minimum Gasteiger partial charge on any atom is -0.508 e. The molecule has 1 amide bonds. The van der Waals surface area contributed by atoms with Crippen LogP contribution in [0, 0.1) is 5.82 Å². The molecule has 1 aromatic rings. The number of aliphatic imine (C=N–C) groups is 1. The van der Waals surface area contributed by atoms with Crippen molar-refractivity contribution in [3.63, 3.8) is 0 Å². The lowest BCUT2D eigenvalue weighted by Crippen LogP contribution is -2.31.